The summed E-state index contributed by atoms with van der Waals surface area (Å²) >= 11 is 0. The molecule has 0 aliphatic carbocycles. The lowest BCUT2D eigenvalue weighted by molar-refractivity contribution is -0.384. The molecule has 0 saturated carbocycles. The first-order chi connectivity index (χ1) is 17.7. The molecule has 0 unspecified atom stereocenters. The minimum absolute atomic E-state index is 0.104. The summed E-state index contributed by atoms with van der Waals surface area (Å²) in [5.41, 5.74) is 0.627. The summed E-state index contributed by atoms with van der Waals surface area (Å²) in [5, 5.41) is 10.8. The van der Waals surface area contributed by atoms with Gasteiger partial charge in [0.2, 0.25) is 5.91 Å². The van der Waals surface area contributed by atoms with E-state index in [1.165, 1.54) is 77.2 Å². The molecule has 0 atom stereocenters. The van der Waals surface area contributed by atoms with Crippen LogP contribution in [0.3, 0.4) is 0 Å². The monoisotopic (exact) mass is 533 g/mol. The first-order valence-electron chi connectivity index (χ1n) is 12.9. The van der Waals surface area contributed by atoms with E-state index in [4.69, 9.17) is 4.74 Å². The van der Waals surface area contributed by atoms with Crippen molar-refractivity contribution in [1.29, 1.82) is 0 Å². The molecule has 0 saturated heterocycles. The Hall–Kier alpha value is -3.14. The number of hydrogen-bond acceptors (Lipinski definition) is 6. The maximum atomic E-state index is 12.7. The van der Waals surface area contributed by atoms with Crippen LogP contribution in [-0.2, 0) is 14.8 Å². The van der Waals surface area contributed by atoms with Crippen LogP contribution < -0.4 is 14.4 Å². The summed E-state index contributed by atoms with van der Waals surface area (Å²) in [6.07, 6.45) is 12.0. The van der Waals surface area contributed by atoms with Crippen molar-refractivity contribution >= 4 is 33.0 Å². The number of ether oxygens (including phenoxy) is 1. The standard InChI is InChI=1S/C27H39N3O6S/c1-4-5-6-7-8-9-10-11-12-13-20-29(22(2)31)26-19-14-23(21-27(26)36-3)28-37(34,35)25-17-15-24(16-18-25)30(32)33/h14-19,21,28H,4-13,20H2,1-3H3. The molecule has 204 valence electrons. The number of sulfonamides is 1. The Labute approximate surface area is 220 Å². The van der Waals surface area contributed by atoms with Crippen LogP contribution >= 0.6 is 0 Å². The van der Waals surface area contributed by atoms with Crippen LogP contribution in [0.4, 0.5) is 17.1 Å². The van der Waals surface area contributed by atoms with Crippen molar-refractivity contribution in [2.24, 2.45) is 0 Å². The molecule has 2 aromatic rings. The molecular weight excluding hydrogens is 494 g/mol. The number of amides is 1. The molecule has 0 bridgehead atoms. The van der Waals surface area contributed by atoms with Crippen molar-refractivity contribution in [1.82, 2.24) is 0 Å². The SMILES string of the molecule is CCCCCCCCCCCCN(C(C)=O)c1ccc(NS(=O)(=O)c2ccc([N+](=O)[O-])cc2)cc1OC. The lowest BCUT2D eigenvalue weighted by Gasteiger charge is -2.24. The second-order valence-corrected chi connectivity index (χ2v) is 10.8. The van der Waals surface area contributed by atoms with Crippen molar-refractivity contribution in [3.63, 3.8) is 0 Å². The lowest BCUT2D eigenvalue weighted by atomic mass is 10.1. The number of non-ortho nitro benzene ring substituents is 1. The van der Waals surface area contributed by atoms with E-state index in [1.54, 1.807) is 17.0 Å². The summed E-state index contributed by atoms with van der Waals surface area (Å²) in [4.78, 5) is 24.2. The highest BCUT2D eigenvalue weighted by atomic mass is 32.2. The Kier molecular flexibility index (Phi) is 12.4. The number of nitrogens with one attached hydrogen (secondary N) is 1. The Morgan fingerprint density at radius 3 is 2.03 bits per heavy atom. The number of carbonyl (C=O) groups is 1. The van der Waals surface area contributed by atoms with Crippen molar-refractivity contribution in [2.45, 2.75) is 83.0 Å². The van der Waals surface area contributed by atoms with Crippen molar-refractivity contribution in [2.75, 3.05) is 23.3 Å². The highest BCUT2D eigenvalue weighted by Gasteiger charge is 2.20. The second-order valence-electron chi connectivity index (χ2n) is 9.10. The van der Waals surface area contributed by atoms with Crippen LogP contribution in [0.25, 0.3) is 0 Å². The van der Waals surface area contributed by atoms with Gasteiger partial charge in [-0.25, -0.2) is 8.42 Å². The number of methoxy groups -OCH3 is 1. The molecule has 0 spiro atoms. The molecule has 9 nitrogen and oxygen atoms in total. The van der Waals surface area contributed by atoms with Gasteiger partial charge in [0.05, 0.1) is 28.3 Å². The van der Waals surface area contributed by atoms with Gasteiger partial charge < -0.3 is 9.64 Å². The number of carbonyl (C=O) groups excluding carboxylic acids is 1. The van der Waals surface area contributed by atoms with E-state index in [1.807, 2.05) is 0 Å². The van der Waals surface area contributed by atoms with Gasteiger partial charge in [-0.15, -0.1) is 0 Å². The maximum absolute atomic E-state index is 12.7. The normalized spacial score (nSPS) is 11.2. The summed E-state index contributed by atoms with van der Waals surface area (Å²) in [6.45, 7) is 4.27. The van der Waals surface area contributed by atoms with Gasteiger partial charge in [-0.05, 0) is 30.7 Å². The van der Waals surface area contributed by atoms with Gasteiger partial charge in [0.25, 0.3) is 15.7 Å². The van der Waals surface area contributed by atoms with E-state index in [9.17, 15) is 23.3 Å². The number of nitrogens with zero attached hydrogens (tertiary/aromatic N) is 2. The van der Waals surface area contributed by atoms with Gasteiger partial charge >= 0.3 is 0 Å². The molecule has 0 aliphatic heterocycles. The summed E-state index contributed by atoms with van der Waals surface area (Å²) in [7, 11) is -2.51. The Balaban J connectivity index is 1.98. The van der Waals surface area contributed by atoms with Crippen molar-refractivity contribution < 1.29 is 22.9 Å². The minimum atomic E-state index is -3.97. The van der Waals surface area contributed by atoms with Gasteiger partial charge in [-0.3, -0.25) is 19.6 Å². The fourth-order valence-corrected chi connectivity index (χ4v) is 5.18. The molecule has 1 amide bonds. The highest BCUT2D eigenvalue weighted by molar-refractivity contribution is 7.92. The number of benzene rings is 2. The molecule has 0 aromatic heterocycles. The zero-order valence-electron chi connectivity index (χ0n) is 22.1. The van der Waals surface area contributed by atoms with E-state index in [-0.39, 0.29) is 22.2 Å². The average molecular weight is 534 g/mol. The molecule has 37 heavy (non-hydrogen) atoms. The summed E-state index contributed by atoms with van der Waals surface area (Å²) in [6, 6.07) is 9.37. The van der Waals surface area contributed by atoms with Gasteiger partial charge in [0.15, 0.2) is 0 Å². The topological polar surface area (TPSA) is 119 Å². The fourth-order valence-electron chi connectivity index (χ4n) is 4.13. The van der Waals surface area contributed by atoms with Crippen molar-refractivity contribution in [3.8, 4) is 5.75 Å². The zero-order valence-corrected chi connectivity index (χ0v) is 22.9. The van der Waals surface area contributed by atoms with Crippen LogP contribution in [0.1, 0.15) is 78.1 Å². The molecule has 2 rings (SSSR count). The number of rotatable bonds is 17. The summed E-state index contributed by atoms with van der Waals surface area (Å²) < 4.78 is 33.4. The molecular formula is C27H39N3O6S. The minimum Gasteiger partial charge on any atom is -0.494 e. The Morgan fingerprint density at radius 1 is 0.946 bits per heavy atom. The van der Waals surface area contributed by atoms with Crippen LogP contribution in [-0.4, -0.2) is 32.9 Å². The van der Waals surface area contributed by atoms with E-state index in [2.05, 4.69) is 11.6 Å². The van der Waals surface area contributed by atoms with E-state index < -0.39 is 14.9 Å². The first kappa shape index (κ1) is 30.1. The number of unbranched alkanes of at least 4 members (excludes halogenated alkanes) is 9. The van der Waals surface area contributed by atoms with Gasteiger partial charge in [0, 0.05) is 31.7 Å². The van der Waals surface area contributed by atoms with Crippen LogP contribution in [0.2, 0.25) is 0 Å². The predicted molar refractivity (Wildman–Crippen MR) is 147 cm³/mol. The maximum Gasteiger partial charge on any atom is 0.269 e. The van der Waals surface area contributed by atoms with E-state index in [0.29, 0.717) is 18.0 Å². The number of anilines is 2. The summed E-state index contributed by atoms with van der Waals surface area (Å²) in [5.74, 6) is 0.250. The first-order valence-corrected chi connectivity index (χ1v) is 14.4. The largest absolute Gasteiger partial charge is 0.494 e. The molecule has 0 heterocycles. The van der Waals surface area contributed by atoms with E-state index in [0.717, 1.165) is 31.4 Å². The molecule has 1 N–H and O–H groups in total. The van der Waals surface area contributed by atoms with Crippen LogP contribution in [0.5, 0.6) is 5.75 Å². The Morgan fingerprint density at radius 2 is 1.51 bits per heavy atom. The molecule has 0 aliphatic rings. The third kappa shape index (κ3) is 9.68. The van der Waals surface area contributed by atoms with E-state index >= 15 is 0 Å². The number of hydrogen-bond donors (Lipinski definition) is 1. The quantitative estimate of drug-likeness (QED) is 0.138. The van der Waals surface area contributed by atoms with Gasteiger partial charge in [-0.1, -0.05) is 64.7 Å². The second kappa shape index (κ2) is 15.2. The molecule has 10 heteroatoms. The zero-order chi connectivity index (χ0) is 27.3. The highest BCUT2D eigenvalue weighted by Crippen LogP contribution is 2.33. The van der Waals surface area contributed by atoms with Crippen LogP contribution in [0, 0.1) is 10.1 Å². The predicted octanol–water partition coefficient (Wildman–Crippen LogP) is 6.68. The molecule has 2 aromatic carbocycles. The lowest BCUT2D eigenvalue weighted by Crippen LogP contribution is -2.30. The molecule has 0 radical (unpaired) electrons. The Bertz CT molecular complexity index is 1120. The van der Waals surface area contributed by atoms with Crippen LogP contribution in [0.15, 0.2) is 47.4 Å². The van der Waals surface area contributed by atoms with Gasteiger partial charge in [0.1, 0.15) is 5.75 Å². The molecule has 0 fully saturated rings. The third-order valence-corrected chi connectivity index (χ3v) is 7.59. The third-order valence-electron chi connectivity index (χ3n) is 6.20. The fraction of sp³-hybridized carbons (Fsp3) is 0.519. The smallest absolute Gasteiger partial charge is 0.269 e. The average Bonchev–Trinajstić information content (AvgIpc) is 2.87. The van der Waals surface area contributed by atoms with Crippen molar-refractivity contribution in [3.05, 3.63) is 52.6 Å². The van der Waals surface area contributed by atoms with Gasteiger partial charge in [-0.2, -0.15) is 0 Å². The number of nitro benzene ring substituents is 1. The number of nitro groups is 1.